The quantitative estimate of drug-likeness (QED) is 0.624. The number of pyridine rings is 1. The molecule has 0 fully saturated rings. The molecular weight excluding hydrogens is 246 g/mol. The molecule has 6 nitrogen and oxygen atoms in total. The Kier molecular flexibility index (Phi) is 6.06. The molecule has 0 atom stereocenters. The predicted octanol–water partition coefficient (Wildman–Crippen LogP) is -0.709. The number of likely N-dealkylation sites (N-methyl/N-ethyl adjacent to an activating group) is 1. The molecule has 1 heterocycles. The van der Waals surface area contributed by atoms with Gasteiger partial charge in [-0.2, -0.15) is 0 Å². The largest absolute Gasteiger partial charge is 0.384 e. The molecule has 0 unspecified atom stereocenters. The van der Waals surface area contributed by atoms with Crippen molar-refractivity contribution in [3.8, 4) is 11.8 Å². The number of aliphatic hydroxyl groups excluding tert-OH is 1. The molecule has 1 aromatic heterocycles. The van der Waals surface area contributed by atoms with E-state index in [1.54, 1.807) is 13.0 Å². The summed E-state index contributed by atoms with van der Waals surface area (Å²) in [6, 6.07) is 3.13. The fourth-order valence-electron chi connectivity index (χ4n) is 1.25. The molecule has 0 aromatic carbocycles. The number of rotatable bonds is 4. The van der Waals surface area contributed by atoms with E-state index in [9.17, 15) is 9.59 Å². The standard InChI is InChI=1S/C13H15N3O3/c1-2-14-12(18)9-16-13(19)11-6-5-10(8-15-11)4-3-7-17/h5-6,8,17H,2,7,9H2,1H3,(H,14,18)(H,16,19). The van der Waals surface area contributed by atoms with E-state index in [4.69, 9.17) is 5.11 Å². The van der Waals surface area contributed by atoms with Gasteiger partial charge in [-0.15, -0.1) is 0 Å². The smallest absolute Gasteiger partial charge is 0.270 e. The summed E-state index contributed by atoms with van der Waals surface area (Å²) in [5.74, 6) is 4.48. The molecule has 1 rings (SSSR count). The highest BCUT2D eigenvalue weighted by Gasteiger charge is 2.08. The lowest BCUT2D eigenvalue weighted by atomic mass is 10.2. The number of nitrogens with one attached hydrogen (secondary N) is 2. The van der Waals surface area contributed by atoms with Crippen LogP contribution in [0.2, 0.25) is 0 Å². The van der Waals surface area contributed by atoms with Crippen LogP contribution < -0.4 is 10.6 Å². The predicted molar refractivity (Wildman–Crippen MR) is 69.2 cm³/mol. The van der Waals surface area contributed by atoms with Crippen LogP contribution in [0.3, 0.4) is 0 Å². The normalized spacial score (nSPS) is 9.16. The number of aromatic nitrogens is 1. The second-order valence-corrected chi connectivity index (χ2v) is 3.53. The Morgan fingerprint density at radius 1 is 1.37 bits per heavy atom. The second-order valence-electron chi connectivity index (χ2n) is 3.53. The van der Waals surface area contributed by atoms with Gasteiger partial charge in [0.05, 0.1) is 6.54 Å². The van der Waals surface area contributed by atoms with Gasteiger partial charge < -0.3 is 15.7 Å². The maximum absolute atomic E-state index is 11.6. The van der Waals surface area contributed by atoms with E-state index in [2.05, 4.69) is 27.5 Å². The van der Waals surface area contributed by atoms with Crippen LogP contribution >= 0.6 is 0 Å². The number of carbonyl (C=O) groups excluding carboxylic acids is 2. The Morgan fingerprint density at radius 3 is 2.74 bits per heavy atom. The van der Waals surface area contributed by atoms with Crippen LogP contribution in [-0.4, -0.2) is 41.6 Å². The van der Waals surface area contributed by atoms with Crippen LogP contribution in [0.25, 0.3) is 0 Å². The highest BCUT2D eigenvalue weighted by Crippen LogP contribution is 1.98. The van der Waals surface area contributed by atoms with Gasteiger partial charge in [-0.3, -0.25) is 9.59 Å². The van der Waals surface area contributed by atoms with Gasteiger partial charge in [0.2, 0.25) is 5.91 Å². The van der Waals surface area contributed by atoms with Crippen molar-refractivity contribution in [3.63, 3.8) is 0 Å². The average Bonchev–Trinajstić information content (AvgIpc) is 2.43. The van der Waals surface area contributed by atoms with Crippen LogP contribution in [0.5, 0.6) is 0 Å². The summed E-state index contributed by atoms with van der Waals surface area (Å²) in [5.41, 5.74) is 0.813. The van der Waals surface area contributed by atoms with Crippen molar-refractivity contribution in [2.75, 3.05) is 19.7 Å². The van der Waals surface area contributed by atoms with E-state index in [0.717, 1.165) is 0 Å². The third kappa shape index (κ3) is 5.19. The minimum atomic E-state index is -0.423. The molecule has 0 aliphatic carbocycles. The molecule has 19 heavy (non-hydrogen) atoms. The molecule has 1 aromatic rings. The van der Waals surface area contributed by atoms with E-state index in [0.29, 0.717) is 12.1 Å². The number of amides is 2. The zero-order valence-corrected chi connectivity index (χ0v) is 10.6. The van der Waals surface area contributed by atoms with Crippen molar-refractivity contribution in [2.24, 2.45) is 0 Å². The maximum Gasteiger partial charge on any atom is 0.270 e. The molecule has 3 N–H and O–H groups in total. The summed E-state index contributed by atoms with van der Waals surface area (Å²) in [6.07, 6.45) is 1.43. The van der Waals surface area contributed by atoms with Gasteiger partial charge in [-0.1, -0.05) is 11.8 Å². The SMILES string of the molecule is CCNC(=O)CNC(=O)c1ccc(C#CCO)cn1. The van der Waals surface area contributed by atoms with Gasteiger partial charge in [0, 0.05) is 18.3 Å². The van der Waals surface area contributed by atoms with Crippen molar-refractivity contribution in [3.05, 3.63) is 29.6 Å². The molecule has 0 radical (unpaired) electrons. The molecule has 100 valence electrons. The molecule has 2 amide bonds. The number of carbonyl (C=O) groups is 2. The van der Waals surface area contributed by atoms with Crippen LogP contribution in [0, 0.1) is 11.8 Å². The summed E-state index contributed by atoms with van der Waals surface area (Å²) < 4.78 is 0. The van der Waals surface area contributed by atoms with Crippen LogP contribution in [-0.2, 0) is 4.79 Å². The van der Waals surface area contributed by atoms with Gasteiger partial charge >= 0.3 is 0 Å². The van der Waals surface area contributed by atoms with E-state index in [1.165, 1.54) is 12.3 Å². The van der Waals surface area contributed by atoms with Gasteiger partial charge in [-0.25, -0.2) is 4.98 Å². The zero-order valence-electron chi connectivity index (χ0n) is 10.6. The van der Waals surface area contributed by atoms with Crippen LogP contribution in [0.4, 0.5) is 0 Å². The van der Waals surface area contributed by atoms with E-state index in [1.807, 2.05) is 0 Å². The minimum absolute atomic E-state index is 0.0829. The topological polar surface area (TPSA) is 91.3 Å². The summed E-state index contributed by atoms with van der Waals surface area (Å²) in [4.78, 5) is 26.7. The lowest BCUT2D eigenvalue weighted by Gasteiger charge is -2.04. The average molecular weight is 261 g/mol. The Labute approximate surface area is 111 Å². The van der Waals surface area contributed by atoms with Crippen molar-refractivity contribution in [2.45, 2.75) is 6.92 Å². The molecular formula is C13H15N3O3. The fraction of sp³-hybridized carbons (Fsp3) is 0.308. The van der Waals surface area contributed by atoms with Crippen LogP contribution in [0.1, 0.15) is 23.0 Å². The first-order chi connectivity index (χ1) is 9.17. The maximum atomic E-state index is 11.6. The number of hydrogen-bond acceptors (Lipinski definition) is 4. The van der Waals surface area contributed by atoms with Gasteiger partial charge in [0.1, 0.15) is 12.3 Å². The zero-order chi connectivity index (χ0) is 14.1. The van der Waals surface area contributed by atoms with E-state index < -0.39 is 5.91 Å². The summed E-state index contributed by atoms with van der Waals surface area (Å²) in [5, 5.41) is 13.6. The minimum Gasteiger partial charge on any atom is -0.384 e. The summed E-state index contributed by atoms with van der Waals surface area (Å²) >= 11 is 0. The molecule has 0 aliphatic rings. The monoisotopic (exact) mass is 261 g/mol. The summed E-state index contributed by atoms with van der Waals surface area (Å²) in [6.45, 7) is 2.01. The van der Waals surface area contributed by atoms with Crippen molar-refractivity contribution in [1.82, 2.24) is 15.6 Å². The third-order valence-electron chi connectivity index (χ3n) is 2.09. The van der Waals surface area contributed by atoms with E-state index in [-0.39, 0.29) is 24.8 Å². The fourth-order valence-corrected chi connectivity index (χ4v) is 1.25. The Hall–Kier alpha value is -2.39. The first-order valence-electron chi connectivity index (χ1n) is 5.78. The number of nitrogens with zero attached hydrogens (tertiary/aromatic N) is 1. The summed E-state index contributed by atoms with van der Waals surface area (Å²) in [7, 11) is 0. The lowest BCUT2D eigenvalue weighted by molar-refractivity contribution is -0.120. The van der Waals surface area contributed by atoms with Gasteiger partial charge in [0.25, 0.3) is 5.91 Å². The molecule has 0 spiro atoms. The van der Waals surface area contributed by atoms with Crippen LogP contribution in [0.15, 0.2) is 18.3 Å². The first kappa shape index (κ1) is 14.7. The Morgan fingerprint density at radius 2 is 2.16 bits per heavy atom. The van der Waals surface area contributed by atoms with Crippen molar-refractivity contribution in [1.29, 1.82) is 0 Å². The Balaban J connectivity index is 2.55. The highest BCUT2D eigenvalue weighted by molar-refractivity contribution is 5.94. The Bertz CT molecular complexity index is 500. The lowest BCUT2D eigenvalue weighted by Crippen LogP contribution is -2.37. The molecule has 0 saturated heterocycles. The molecule has 0 saturated carbocycles. The van der Waals surface area contributed by atoms with Crippen molar-refractivity contribution < 1.29 is 14.7 Å². The number of aliphatic hydroxyl groups is 1. The first-order valence-corrected chi connectivity index (χ1v) is 5.78. The molecule has 0 aliphatic heterocycles. The van der Waals surface area contributed by atoms with E-state index >= 15 is 0 Å². The molecule has 0 bridgehead atoms. The second kappa shape index (κ2) is 7.84. The third-order valence-corrected chi connectivity index (χ3v) is 2.09. The number of hydrogen-bond donors (Lipinski definition) is 3. The van der Waals surface area contributed by atoms with Gasteiger partial charge in [0.15, 0.2) is 0 Å². The molecule has 6 heteroatoms. The highest BCUT2D eigenvalue weighted by atomic mass is 16.2. The van der Waals surface area contributed by atoms with Gasteiger partial charge in [-0.05, 0) is 19.1 Å². The van der Waals surface area contributed by atoms with Crippen molar-refractivity contribution >= 4 is 11.8 Å².